The van der Waals surface area contributed by atoms with Gasteiger partial charge in [0.2, 0.25) is 0 Å². The lowest BCUT2D eigenvalue weighted by atomic mass is 9.84. The minimum Gasteiger partial charge on any atom is -0.258 e. The van der Waals surface area contributed by atoms with Crippen LogP contribution in [0.15, 0.2) is 29.2 Å². The minimum atomic E-state index is -0.298. The molecule has 5 heteroatoms. The van der Waals surface area contributed by atoms with Crippen molar-refractivity contribution in [2.24, 2.45) is 0 Å². The van der Waals surface area contributed by atoms with Crippen LogP contribution in [0.1, 0.15) is 40.3 Å². The van der Waals surface area contributed by atoms with Crippen LogP contribution >= 0.6 is 11.9 Å². The van der Waals surface area contributed by atoms with Crippen molar-refractivity contribution in [1.82, 2.24) is 4.31 Å². The molecule has 4 nitrogen and oxygen atoms in total. The molecule has 1 aliphatic heterocycles. The molecule has 132 valence electrons. The van der Waals surface area contributed by atoms with Gasteiger partial charge < -0.3 is 0 Å². The molecule has 2 aromatic carbocycles. The highest BCUT2D eigenvalue weighted by Gasteiger charge is 2.25. The van der Waals surface area contributed by atoms with Crippen molar-refractivity contribution in [3.63, 3.8) is 0 Å². The van der Waals surface area contributed by atoms with Gasteiger partial charge in [0.1, 0.15) is 4.90 Å². The van der Waals surface area contributed by atoms with E-state index in [0.29, 0.717) is 4.90 Å². The molecule has 0 N–H and O–H groups in total. The minimum absolute atomic E-state index is 0.184. The van der Waals surface area contributed by atoms with Crippen LogP contribution in [0.2, 0.25) is 0 Å². The van der Waals surface area contributed by atoms with E-state index in [1.165, 1.54) is 45.3 Å². The van der Waals surface area contributed by atoms with Gasteiger partial charge in [-0.3, -0.25) is 10.1 Å². The molecule has 1 aliphatic rings. The molecule has 0 spiro atoms. The van der Waals surface area contributed by atoms with Crippen LogP contribution in [0, 0.1) is 30.9 Å². The predicted octanol–water partition coefficient (Wildman–Crippen LogP) is 5.15. The highest BCUT2D eigenvalue weighted by atomic mass is 32.2. The summed E-state index contributed by atoms with van der Waals surface area (Å²) in [5.74, 6) is 0. The van der Waals surface area contributed by atoms with E-state index in [4.69, 9.17) is 0 Å². The first-order valence-corrected chi connectivity index (χ1v) is 9.48. The third kappa shape index (κ3) is 3.31. The van der Waals surface area contributed by atoms with Crippen molar-refractivity contribution in [2.75, 3.05) is 6.54 Å². The highest BCUT2D eigenvalue weighted by Crippen LogP contribution is 2.37. The summed E-state index contributed by atoms with van der Waals surface area (Å²) >= 11 is 1.51. The standard InChI is InChI=1S/C20H24N2O2S/c1-5-16-13(2)14(3)18-12-21(11-10-17(18)15(16)4)25-20-9-7-6-8-19(20)22(23)24/h6-9H,5,10-12H2,1-4H3. The number of nitro groups is 1. The second kappa shape index (κ2) is 7.18. The van der Waals surface area contributed by atoms with Crippen molar-refractivity contribution < 1.29 is 4.92 Å². The Morgan fingerprint density at radius 3 is 2.52 bits per heavy atom. The molecule has 3 rings (SSSR count). The summed E-state index contributed by atoms with van der Waals surface area (Å²) in [4.78, 5) is 11.7. The summed E-state index contributed by atoms with van der Waals surface area (Å²) in [6.45, 7) is 10.6. The zero-order valence-electron chi connectivity index (χ0n) is 15.3. The molecule has 2 aromatic rings. The summed E-state index contributed by atoms with van der Waals surface area (Å²) in [7, 11) is 0. The van der Waals surface area contributed by atoms with Gasteiger partial charge in [-0.1, -0.05) is 19.1 Å². The molecular formula is C20H24N2O2S. The van der Waals surface area contributed by atoms with Gasteiger partial charge in [-0.05, 0) is 85.0 Å². The molecule has 0 amide bonds. The number of hydrogen-bond acceptors (Lipinski definition) is 4. The molecule has 0 bridgehead atoms. The summed E-state index contributed by atoms with van der Waals surface area (Å²) < 4.78 is 2.25. The van der Waals surface area contributed by atoms with Crippen molar-refractivity contribution in [2.45, 2.75) is 52.0 Å². The smallest absolute Gasteiger partial charge is 0.258 e. The Bertz CT molecular complexity index is 833. The Morgan fingerprint density at radius 1 is 1.12 bits per heavy atom. The zero-order chi connectivity index (χ0) is 18.1. The first-order chi connectivity index (χ1) is 11.9. The van der Waals surface area contributed by atoms with Crippen LogP contribution < -0.4 is 0 Å². The van der Waals surface area contributed by atoms with E-state index in [1.807, 2.05) is 12.1 Å². The van der Waals surface area contributed by atoms with Crippen LogP contribution in [-0.4, -0.2) is 15.8 Å². The number of nitrogens with zero attached hydrogens (tertiary/aromatic N) is 2. The Balaban J connectivity index is 1.91. The van der Waals surface area contributed by atoms with Crippen molar-refractivity contribution >= 4 is 17.6 Å². The molecule has 1 heterocycles. The second-order valence-corrected chi connectivity index (χ2v) is 7.73. The maximum absolute atomic E-state index is 11.2. The third-order valence-electron chi connectivity index (χ3n) is 5.33. The average molecular weight is 356 g/mol. The maximum Gasteiger partial charge on any atom is 0.284 e. The largest absolute Gasteiger partial charge is 0.284 e. The van der Waals surface area contributed by atoms with Crippen LogP contribution in [-0.2, 0) is 19.4 Å². The molecule has 0 aliphatic carbocycles. The first-order valence-electron chi connectivity index (χ1n) is 8.70. The second-order valence-electron chi connectivity index (χ2n) is 6.59. The van der Waals surface area contributed by atoms with E-state index in [2.05, 4.69) is 32.0 Å². The van der Waals surface area contributed by atoms with Crippen LogP contribution in [0.5, 0.6) is 0 Å². The van der Waals surface area contributed by atoms with Crippen molar-refractivity contribution in [1.29, 1.82) is 0 Å². The van der Waals surface area contributed by atoms with Gasteiger partial charge in [-0.25, -0.2) is 4.31 Å². The fraction of sp³-hybridized carbons (Fsp3) is 0.400. The predicted molar refractivity (Wildman–Crippen MR) is 103 cm³/mol. The first kappa shape index (κ1) is 18.0. The van der Waals surface area contributed by atoms with Crippen LogP contribution in [0.25, 0.3) is 0 Å². The molecule has 0 unspecified atom stereocenters. The number of para-hydroxylation sites is 1. The van der Waals surface area contributed by atoms with Gasteiger partial charge in [-0.2, -0.15) is 0 Å². The van der Waals surface area contributed by atoms with Gasteiger partial charge in [0, 0.05) is 19.2 Å². The lowest BCUT2D eigenvalue weighted by Gasteiger charge is -2.32. The van der Waals surface area contributed by atoms with Gasteiger partial charge in [0.25, 0.3) is 5.69 Å². The van der Waals surface area contributed by atoms with Gasteiger partial charge in [-0.15, -0.1) is 0 Å². The molecule has 0 saturated heterocycles. The summed E-state index contributed by atoms with van der Waals surface area (Å²) in [6, 6.07) is 6.99. The molecule has 0 aromatic heterocycles. The Kier molecular flexibility index (Phi) is 5.16. The van der Waals surface area contributed by atoms with E-state index in [9.17, 15) is 10.1 Å². The number of benzene rings is 2. The summed E-state index contributed by atoms with van der Waals surface area (Å²) in [6.07, 6.45) is 2.07. The topological polar surface area (TPSA) is 46.4 Å². The molecule has 0 saturated carbocycles. The van der Waals surface area contributed by atoms with E-state index < -0.39 is 0 Å². The van der Waals surface area contributed by atoms with E-state index in [1.54, 1.807) is 12.1 Å². The molecular weight excluding hydrogens is 332 g/mol. The highest BCUT2D eigenvalue weighted by molar-refractivity contribution is 7.97. The Labute approximate surface area is 153 Å². The lowest BCUT2D eigenvalue weighted by molar-refractivity contribution is -0.387. The zero-order valence-corrected chi connectivity index (χ0v) is 16.1. The molecule has 0 radical (unpaired) electrons. The van der Waals surface area contributed by atoms with E-state index >= 15 is 0 Å². The van der Waals surface area contributed by atoms with Gasteiger partial charge >= 0.3 is 0 Å². The lowest BCUT2D eigenvalue weighted by Crippen LogP contribution is -2.27. The van der Waals surface area contributed by atoms with E-state index in [-0.39, 0.29) is 10.6 Å². The Hall–Kier alpha value is -1.85. The van der Waals surface area contributed by atoms with Crippen molar-refractivity contribution in [3.05, 3.63) is 67.8 Å². The fourth-order valence-electron chi connectivity index (χ4n) is 3.85. The fourth-order valence-corrected chi connectivity index (χ4v) is 4.88. The SMILES string of the molecule is CCc1c(C)c(C)c2c(c1C)CCN(Sc1ccccc1[N+](=O)[O-])C2. The molecule has 0 fully saturated rings. The van der Waals surface area contributed by atoms with Crippen LogP contribution in [0.4, 0.5) is 5.69 Å². The molecule has 0 atom stereocenters. The average Bonchev–Trinajstić information content (AvgIpc) is 2.60. The summed E-state index contributed by atoms with van der Waals surface area (Å²) in [5.41, 5.74) is 8.78. The summed E-state index contributed by atoms with van der Waals surface area (Å²) in [5, 5.41) is 11.2. The van der Waals surface area contributed by atoms with Gasteiger partial charge in [0.15, 0.2) is 0 Å². The number of hydrogen-bond donors (Lipinski definition) is 0. The number of fused-ring (bicyclic) bond motifs is 1. The van der Waals surface area contributed by atoms with E-state index in [0.717, 1.165) is 25.9 Å². The maximum atomic E-state index is 11.2. The normalized spacial score (nSPS) is 14.4. The Morgan fingerprint density at radius 2 is 1.84 bits per heavy atom. The van der Waals surface area contributed by atoms with Gasteiger partial charge in [0.05, 0.1) is 4.92 Å². The monoisotopic (exact) mass is 356 g/mol. The number of nitro benzene ring substituents is 1. The quantitative estimate of drug-likeness (QED) is 0.432. The van der Waals surface area contributed by atoms with Crippen LogP contribution in [0.3, 0.4) is 0 Å². The number of rotatable bonds is 4. The third-order valence-corrected chi connectivity index (χ3v) is 6.44. The van der Waals surface area contributed by atoms with Crippen molar-refractivity contribution in [3.8, 4) is 0 Å². The molecule has 25 heavy (non-hydrogen) atoms.